The Bertz CT molecular complexity index is 612. The van der Waals surface area contributed by atoms with Crippen LogP contribution in [0, 0.1) is 5.92 Å². The van der Waals surface area contributed by atoms with Crippen LogP contribution >= 0.6 is 0 Å². The van der Waals surface area contributed by atoms with Gasteiger partial charge in [0.2, 0.25) is 0 Å². The van der Waals surface area contributed by atoms with Crippen LogP contribution in [0.5, 0.6) is 0 Å². The number of rotatable bonds is 11. The maximum Gasteiger partial charge on any atom is 0.344 e. The van der Waals surface area contributed by atoms with Gasteiger partial charge < -0.3 is 14.2 Å². The molecule has 0 saturated heterocycles. The van der Waals surface area contributed by atoms with E-state index in [0.29, 0.717) is 19.3 Å². The van der Waals surface area contributed by atoms with Crippen LogP contribution in [0.3, 0.4) is 0 Å². The molecule has 1 unspecified atom stereocenters. The van der Waals surface area contributed by atoms with E-state index in [-0.39, 0.29) is 12.5 Å². The molecular formula is C19H34O8S. The van der Waals surface area contributed by atoms with E-state index >= 15 is 0 Å². The minimum atomic E-state index is -5.21. The van der Waals surface area contributed by atoms with Crippen LogP contribution in [-0.4, -0.2) is 55.6 Å². The summed E-state index contributed by atoms with van der Waals surface area (Å²) in [4.78, 5) is 25.7. The van der Waals surface area contributed by atoms with Crippen molar-refractivity contribution in [2.24, 2.45) is 5.92 Å². The Morgan fingerprint density at radius 3 is 1.96 bits per heavy atom. The second-order valence-electron chi connectivity index (χ2n) is 7.47. The first-order valence-electron chi connectivity index (χ1n) is 9.99. The lowest BCUT2D eigenvalue weighted by Gasteiger charge is -2.35. The van der Waals surface area contributed by atoms with Gasteiger partial charge in [0.15, 0.2) is 0 Å². The normalized spacial score (nSPS) is 18.3. The predicted molar refractivity (Wildman–Crippen MR) is 103 cm³/mol. The van der Waals surface area contributed by atoms with Gasteiger partial charge in [0.05, 0.1) is 13.2 Å². The quantitative estimate of drug-likeness (QED) is 0.307. The zero-order chi connectivity index (χ0) is 21.4. The Labute approximate surface area is 168 Å². The molecule has 28 heavy (non-hydrogen) atoms. The van der Waals surface area contributed by atoms with Gasteiger partial charge in [-0.25, -0.2) is 9.59 Å². The van der Waals surface area contributed by atoms with Gasteiger partial charge >= 0.3 is 16.7 Å². The largest absolute Gasteiger partial charge is 0.464 e. The van der Waals surface area contributed by atoms with Crippen LogP contribution < -0.4 is 0 Å². The summed E-state index contributed by atoms with van der Waals surface area (Å²) in [6, 6.07) is 0. The lowest BCUT2D eigenvalue weighted by atomic mass is 9.90. The van der Waals surface area contributed by atoms with E-state index in [0.717, 1.165) is 39.2 Å². The molecule has 1 N–H and O–H groups in total. The number of hydrogen-bond acceptors (Lipinski definition) is 7. The van der Waals surface area contributed by atoms with Crippen LogP contribution in [0.15, 0.2) is 0 Å². The molecule has 0 heterocycles. The minimum absolute atomic E-state index is 0.00638. The molecule has 9 heteroatoms. The first-order valence-corrected chi connectivity index (χ1v) is 11.4. The smallest absolute Gasteiger partial charge is 0.344 e. The summed E-state index contributed by atoms with van der Waals surface area (Å²) in [5.41, 5.74) is -0.940. The lowest BCUT2D eigenvalue weighted by Crippen LogP contribution is -2.59. The zero-order valence-electron chi connectivity index (χ0n) is 17.4. The van der Waals surface area contributed by atoms with Crippen molar-refractivity contribution < 1.29 is 36.8 Å². The number of methoxy groups -OCH3 is 1. The Balaban J connectivity index is 3.17. The van der Waals surface area contributed by atoms with E-state index in [9.17, 15) is 22.6 Å². The molecule has 0 amide bonds. The van der Waals surface area contributed by atoms with Gasteiger partial charge in [-0.2, -0.15) is 8.42 Å². The van der Waals surface area contributed by atoms with Gasteiger partial charge in [-0.3, -0.25) is 4.55 Å². The van der Waals surface area contributed by atoms with Crippen LogP contribution in [0.1, 0.15) is 72.1 Å². The Morgan fingerprint density at radius 2 is 1.54 bits per heavy atom. The first kappa shape index (κ1) is 24.8. The molecule has 0 spiro atoms. The molecule has 1 aliphatic rings. The fourth-order valence-corrected chi connectivity index (χ4v) is 4.39. The summed E-state index contributed by atoms with van der Waals surface area (Å²) in [6.45, 7) is 4.50. The highest BCUT2D eigenvalue weighted by atomic mass is 32.2. The van der Waals surface area contributed by atoms with E-state index in [2.05, 4.69) is 0 Å². The zero-order valence-corrected chi connectivity index (χ0v) is 18.2. The molecule has 0 radical (unpaired) electrons. The van der Waals surface area contributed by atoms with Crippen LogP contribution in [0.4, 0.5) is 0 Å². The average molecular weight is 423 g/mol. The highest BCUT2D eigenvalue weighted by molar-refractivity contribution is 7.89. The van der Waals surface area contributed by atoms with Crippen molar-refractivity contribution in [1.82, 2.24) is 0 Å². The van der Waals surface area contributed by atoms with Gasteiger partial charge in [-0.15, -0.1) is 0 Å². The monoisotopic (exact) mass is 422 g/mol. The van der Waals surface area contributed by atoms with Crippen molar-refractivity contribution in [1.29, 1.82) is 0 Å². The third-order valence-electron chi connectivity index (χ3n) is 5.86. The first-order chi connectivity index (χ1) is 13.1. The van der Waals surface area contributed by atoms with Crippen molar-refractivity contribution in [3.63, 3.8) is 0 Å². The number of hydrogen-bond donors (Lipinski definition) is 1. The highest BCUT2D eigenvalue weighted by Gasteiger charge is 2.62. The molecule has 1 aliphatic carbocycles. The van der Waals surface area contributed by atoms with Crippen molar-refractivity contribution in [3.8, 4) is 0 Å². The topological polar surface area (TPSA) is 116 Å². The molecule has 1 atom stereocenters. The van der Waals surface area contributed by atoms with E-state index in [1.807, 2.05) is 0 Å². The van der Waals surface area contributed by atoms with Crippen molar-refractivity contribution >= 4 is 22.1 Å². The van der Waals surface area contributed by atoms with Gasteiger partial charge in [0.1, 0.15) is 5.60 Å². The molecule has 0 aromatic rings. The molecule has 1 fully saturated rings. The Hall–Kier alpha value is -1.19. The summed E-state index contributed by atoms with van der Waals surface area (Å²) >= 11 is 0. The van der Waals surface area contributed by atoms with Gasteiger partial charge in [-0.05, 0) is 38.0 Å². The number of esters is 2. The summed E-state index contributed by atoms with van der Waals surface area (Å²) < 4.78 is 46.8. The van der Waals surface area contributed by atoms with Crippen LogP contribution in [0.2, 0.25) is 0 Å². The third kappa shape index (κ3) is 5.45. The predicted octanol–water partition coefficient (Wildman–Crippen LogP) is 2.89. The molecule has 8 nitrogen and oxygen atoms in total. The fourth-order valence-electron chi connectivity index (χ4n) is 3.60. The minimum Gasteiger partial charge on any atom is -0.464 e. The summed E-state index contributed by atoms with van der Waals surface area (Å²) in [5, 5.41) is 0. The Kier molecular flexibility index (Phi) is 9.36. The molecular weight excluding hydrogens is 388 g/mol. The molecule has 1 saturated carbocycles. The molecule has 0 aromatic carbocycles. The average Bonchev–Trinajstić information content (AvgIpc) is 2.68. The van der Waals surface area contributed by atoms with Crippen molar-refractivity contribution in [2.45, 2.75) is 82.5 Å². The third-order valence-corrected chi connectivity index (χ3v) is 7.20. The summed E-state index contributed by atoms with van der Waals surface area (Å²) in [7, 11) is -4.08. The standard InChI is InChI=1S/C19H34O8S/c1-5-18(6-2,7-3)27-17(21)19(14-25-4,28(22,23)24)16(20)26-13-15-11-9-8-10-12-15/h15H,5-14H2,1-4H3,(H,22,23,24). The van der Waals surface area contributed by atoms with E-state index < -0.39 is 39.0 Å². The molecule has 0 aliphatic heterocycles. The number of carbonyl (C=O) groups is 2. The van der Waals surface area contributed by atoms with Crippen LogP contribution in [0.25, 0.3) is 0 Å². The fraction of sp³-hybridized carbons (Fsp3) is 0.895. The van der Waals surface area contributed by atoms with E-state index in [1.54, 1.807) is 20.8 Å². The van der Waals surface area contributed by atoms with Gasteiger partial charge in [0.25, 0.3) is 10.1 Å². The summed E-state index contributed by atoms with van der Waals surface area (Å²) in [5.74, 6) is -2.61. The lowest BCUT2D eigenvalue weighted by molar-refractivity contribution is -0.174. The maximum atomic E-state index is 12.9. The maximum absolute atomic E-state index is 12.9. The summed E-state index contributed by atoms with van der Waals surface area (Å²) in [6.07, 6.45) is 6.15. The van der Waals surface area contributed by atoms with Gasteiger partial charge in [-0.1, -0.05) is 40.0 Å². The van der Waals surface area contributed by atoms with Gasteiger partial charge in [0, 0.05) is 7.11 Å². The van der Waals surface area contributed by atoms with Crippen molar-refractivity contribution in [3.05, 3.63) is 0 Å². The second kappa shape index (κ2) is 10.5. The number of carbonyl (C=O) groups excluding carboxylic acids is 2. The van der Waals surface area contributed by atoms with Crippen molar-refractivity contribution in [2.75, 3.05) is 20.3 Å². The highest BCUT2D eigenvalue weighted by Crippen LogP contribution is 2.31. The Morgan fingerprint density at radius 1 is 1.00 bits per heavy atom. The van der Waals surface area contributed by atoms with Crippen LogP contribution in [-0.2, 0) is 33.9 Å². The second-order valence-corrected chi connectivity index (χ2v) is 9.12. The van der Waals surface area contributed by atoms with E-state index in [1.165, 1.54) is 0 Å². The van der Waals surface area contributed by atoms with E-state index in [4.69, 9.17) is 14.2 Å². The molecule has 1 rings (SSSR count). The SMILES string of the molecule is CCC(CC)(CC)OC(=O)C(COC)(C(=O)OCC1CCCCC1)S(=O)(=O)O. The molecule has 164 valence electrons. The molecule has 0 bridgehead atoms. The molecule has 0 aromatic heterocycles. The number of ether oxygens (including phenoxy) is 3.